The molecule has 2 atom stereocenters. The lowest BCUT2D eigenvalue weighted by Crippen LogP contribution is -2.40. The van der Waals surface area contributed by atoms with Crippen molar-refractivity contribution < 1.29 is 31.6 Å². The second-order valence-corrected chi connectivity index (χ2v) is 10.7. The number of hydrogen-bond acceptors (Lipinski definition) is 4. The van der Waals surface area contributed by atoms with Crippen LogP contribution in [0.3, 0.4) is 0 Å². The lowest BCUT2D eigenvalue weighted by molar-refractivity contribution is -0.140. The minimum Gasteiger partial charge on any atom is -0.598 e. The van der Waals surface area contributed by atoms with Crippen LogP contribution < -0.4 is 10.0 Å². The molecule has 1 aromatic carbocycles. The van der Waals surface area contributed by atoms with Gasteiger partial charge in [-0.2, -0.15) is 13.2 Å². The molecule has 29 heavy (non-hydrogen) atoms. The fourth-order valence-electron chi connectivity index (χ4n) is 2.18. The normalized spacial score (nSPS) is 15.0. The highest BCUT2D eigenvalue weighted by Gasteiger charge is 2.37. The number of anilines is 1. The number of amides is 1. The van der Waals surface area contributed by atoms with Gasteiger partial charge in [-0.15, -0.1) is 4.72 Å². The van der Waals surface area contributed by atoms with E-state index in [4.69, 9.17) is 4.74 Å². The minimum absolute atomic E-state index is 0.0959. The van der Waals surface area contributed by atoms with Crippen LogP contribution in [-0.2, 0) is 22.3 Å². The van der Waals surface area contributed by atoms with Crippen LogP contribution in [0.5, 0.6) is 0 Å². The lowest BCUT2D eigenvalue weighted by Gasteiger charge is -2.25. The Morgan fingerprint density at radius 3 is 2.17 bits per heavy atom. The van der Waals surface area contributed by atoms with E-state index in [0.29, 0.717) is 6.07 Å². The van der Waals surface area contributed by atoms with E-state index in [0.717, 1.165) is 6.07 Å². The van der Waals surface area contributed by atoms with Gasteiger partial charge in [0, 0.05) is 17.9 Å². The first-order valence-corrected chi connectivity index (χ1v) is 10.1. The van der Waals surface area contributed by atoms with Gasteiger partial charge in [-0.3, -0.25) is 5.32 Å². The molecular weight excluding hydrogens is 412 g/mol. The maximum Gasteiger partial charge on any atom is 0.419 e. The number of rotatable bonds is 5. The third-order valence-electron chi connectivity index (χ3n) is 3.68. The summed E-state index contributed by atoms with van der Waals surface area (Å²) in [5, 5.41) is 2.05. The Kier molecular flexibility index (Phi) is 8.00. The average Bonchev–Trinajstić information content (AvgIpc) is 2.50. The quantitative estimate of drug-likeness (QED) is 0.478. The Bertz CT molecular complexity index is 728. The van der Waals surface area contributed by atoms with E-state index in [1.54, 1.807) is 48.5 Å². The maximum absolute atomic E-state index is 14.4. The zero-order valence-electron chi connectivity index (χ0n) is 17.6. The van der Waals surface area contributed by atoms with Gasteiger partial charge in [-0.05, 0) is 65.2 Å². The Morgan fingerprint density at radius 1 is 1.17 bits per heavy atom. The molecule has 1 amide bonds. The SMILES string of the molecule is CC(CN[S@+]([O-])C(C)(C)C)c1cc(NC(=O)OC(C)(C)C)c(F)c(C(F)(F)F)c1. The fourth-order valence-corrected chi connectivity index (χ4v) is 3.01. The molecule has 1 aromatic rings. The van der Waals surface area contributed by atoms with Crippen molar-refractivity contribution in [3.05, 3.63) is 29.1 Å². The number of carbonyl (C=O) groups excluding carboxylic acids is 1. The number of nitrogens with one attached hydrogen (secondary N) is 2. The Hall–Kier alpha value is -1.52. The van der Waals surface area contributed by atoms with Crippen molar-refractivity contribution in [3.8, 4) is 0 Å². The molecule has 0 aliphatic carbocycles. The van der Waals surface area contributed by atoms with Crippen molar-refractivity contribution in [3.63, 3.8) is 0 Å². The number of benzene rings is 1. The monoisotopic (exact) mass is 440 g/mol. The summed E-state index contributed by atoms with van der Waals surface area (Å²) in [6.07, 6.45) is -6.02. The standard InChI is InChI=1S/C19H28F4N2O3S/c1-11(10-24-29(27)18(5,6)7)12-8-13(19(21,22)23)15(20)14(9-12)25-16(26)28-17(2,3)4/h8-9,11,24H,10H2,1-7H3,(H,25,26)/t11?,29-/m1/s1. The van der Waals surface area contributed by atoms with Crippen LogP contribution in [0, 0.1) is 5.82 Å². The molecule has 0 spiro atoms. The molecule has 1 unspecified atom stereocenters. The Labute approximate surface area is 171 Å². The minimum atomic E-state index is -4.95. The van der Waals surface area contributed by atoms with Gasteiger partial charge in [-0.1, -0.05) is 6.92 Å². The van der Waals surface area contributed by atoms with Gasteiger partial charge in [0.15, 0.2) is 5.82 Å². The molecule has 2 N–H and O–H groups in total. The molecule has 0 aliphatic rings. The van der Waals surface area contributed by atoms with Crippen LogP contribution in [0.2, 0.25) is 0 Å². The summed E-state index contributed by atoms with van der Waals surface area (Å²) < 4.78 is 73.6. The van der Waals surface area contributed by atoms with Crippen molar-refractivity contribution in [2.75, 3.05) is 11.9 Å². The molecule has 166 valence electrons. The number of ether oxygens (including phenoxy) is 1. The number of halogens is 4. The van der Waals surface area contributed by atoms with E-state index >= 15 is 0 Å². The largest absolute Gasteiger partial charge is 0.598 e. The summed E-state index contributed by atoms with van der Waals surface area (Å²) in [5.41, 5.74) is -2.90. The molecule has 0 saturated heterocycles. The molecule has 5 nitrogen and oxygen atoms in total. The summed E-state index contributed by atoms with van der Waals surface area (Å²) in [4.78, 5) is 11.9. The zero-order valence-corrected chi connectivity index (χ0v) is 18.4. The maximum atomic E-state index is 14.4. The van der Waals surface area contributed by atoms with E-state index < -0.39 is 57.0 Å². The zero-order chi connectivity index (χ0) is 22.8. The van der Waals surface area contributed by atoms with Crippen molar-refractivity contribution in [2.24, 2.45) is 0 Å². The molecule has 0 heterocycles. The van der Waals surface area contributed by atoms with Crippen LogP contribution in [-0.4, -0.2) is 27.5 Å². The third kappa shape index (κ3) is 8.02. The summed E-state index contributed by atoms with van der Waals surface area (Å²) in [7, 11) is 0. The molecule has 0 aromatic heterocycles. The molecular formula is C19H28F4N2O3S. The highest BCUT2D eigenvalue weighted by Crippen LogP contribution is 2.37. The molecule has 0 bridgehead atoms. The van der Waals surface area contributed by atoms with Crippen LogP contribution in [0.1, 0.15) is 65.5 Å². The van der Waals surface area contributed by atoms with Crippen LogP contribution in [0.25, 0.3) is 0 Å². The number of hydrogen-bond donors (Lipinski definition) is 2. The molecule has 0 aliphatic heterocycles. The van der Waals surface area contributed by atoms with E-state index in [-0.39, 0.29) is 12.1 Å². The first-order chi connectivity index (χ1) is 12.9. The molecule has 0 fully saturated rings. The van der Waals surface area contributed by atoms with Gasteiger partial charge in [0.1, 0.15) is 10.3 Å². The van der Waals surface area contributed by atoms with Gasteiger partial charge in [0.2, 0.25) is 0 Å². The molecule has 1 rings (SSSR count). The predicted octanol–water partition coefficient (Wildman–Crippen LogP) is 5.35. The van der Waals surface area contributed by atoms with Gasteiger partial charge < -0.3 is 9.29 Å². The van der Waals surface area contributed by atoms with E-state index in [1.807, 2.05) is 5.32 Å². The summed E-state index contributed by atoms with van der Waals surface area (Å²) in [6, 6.07) is 1.82. The van der Waals surface area contributed by atoms with Gasteiger partial charge in [0.05, 0.1) is 11.3 Å². The van der Waals surface area contributed by atoms with E-state index in [2.05, 4.69) is 4.72 Å². The fraction of sp³-hybridized carbons (Fsp3) is 0.632. The highest BCUT2D eigenvalue weighted by molar-refractivity contribution is 7.90. The number of alkyl halides is 3. The van der Waals surface area contributed by atoms with Gasteiger partial charge in [0.25, 0.3) is 0 Å². The van der Waals surface area contributed by atoms with Crippen LogP contribution in [0.4, 0.5) is 28.0 Å². The molecule has 0 saturated carbocycles. The second-order valence-electron chi connectivity index (χ2n) is 8.69. The smallest absolute Gasteiger partial charge is 0.419 e. The van der Waals surface area contributed by atoms with Crippen molar-refractivity contribution >= 4 is 23.1 Å². The average molecular weight is 441 g/mol. The van der Waals surface area contributed by atoms with Crippen molar-refractivity contribution in [2.45, 2.75) is 70.9 Å². The van der Waals surface area contributed by atoms with Crippen LogP contribution >= 0.6 is 0 Å². The first-order valence-electron chi connectivity index (χ1n) is 8.98. The van der Waals surface area contributed by atoms with Crippen LogP contribution in [0.15, 0.2) is 12.1 Å². The second kappa shape index (κ2) is 9.09. The summed E-state index contributed by atoms with van der Waals surface area (Å²) in [6.45, 7) is 11.7. The lowest BCUT2D eigenvalue weighted by atomic mass is 9.97. The molecule has 10 heteroatoms. The van der Waals surface area contributed by atoms with Crippen molar-refractivity contribution in [1.82, 2.24) is 4.72 Å². The predicted molar refractivity (Wildman–Crippen MR) is 106 cm³/mol. The topological polar surface area (TPSA) is 73.4 Å². The Balaban J connectivity index is 3.19. The first kappa shape index (κ1) is 25.5. The Morgan fingerprint density at radius 2 is 1.72 bits per heavy atom. The summed E-state index contributed by atoms with van der Waals surface area (Å²) >= 11 is -1.42. The highest BCUT2D eigenvalue weighted by atomic mass is 32.2. The van der Waals surface area contributed by atoms with E-state index in [1.165, 1.54) is 0 Å². The van der Waals surface area contributed by atoms with Gasteiger partial charge >= 0.3 is 12.3 Å². The van der Waals surface area contributed by atoms with Crippen molar-refractivity contribution in [1.29, 1.82) is 0 Å². The third-order valence-corrected chi connectivity index (χ3v) is 5.22. The summed E-state index contributed by atoms with van der Waals surface area (Å²) in [5.74, 6) is -2.13. The van der Waals surface area contributed by atoms with E-state index in [9.17, 15) is 26.9 Å². The number of carbonyl (C=O) groups is 1. The van der Waals surface area contributed by atoms with Gasteiger partial charge in [-0.25, -0.2) is 9.18 Å². The molecule has 0 radical (unpaired) electrons.